The second kappa shape index (κ2) is 10.5. The maximum absolute atomic E-state index is 13.7. The molecule has 0 fully saturated rings. The zero-order valence-corrected chi connectivity index (χ0v) is 18.7. The van der Waals surface area contributed by atoms with E-state index in [0.717, 1.165) is 18.1 Å². The first-order valence-electron chi connectivity index (χ1n) is 10.2. The number of hydrogen-bond acceptors (Lipinski definition) is 3. The molecule has 0 aliphatic heterocycles. The van der Waals surface area contributed by atoms with Crippen molar-refractivity contribution in [2.24, 2.45) is 0 Å². The number of aryl methyl sites for hydroxylation is 1. The number of allylic oxidation sites excluding steroid dienone is 2. The second-order valence-corrected chi connectivity index (χ2v) is 7.84. The van der Waals surface area contributed by atoms with Crippen LogP contribution in [-0.2, 0) is 12.3 Å². The Morgan fingerprint density at radius 1 is 1.12 bits per heavy atom. The average molecular weight is 448 g/mol. The Kier molecular flexibility index (Phi) is 8.25. The highest BCUT2D eigenvalue weighted by Gasteiger charge is 2.26. The summed E-state index contributed by atoms with van der Waals surface area (Å²) >= 11 is 0. The third kappa shape index (κ3) is 6.45. The van der Waals surface area contributed by atoms with Crippen molar-refractivity contribution >= 4 is 5.71 Å². The summed E-state index contributed by atoms with van der Waals surface area (Å²) in [7, 11) is 1.54. The van der Waals surface area contributed by atoms with Crippen LogP contribution in [0.25, 0.3) is 0 Å². The predicted octanol–water partition coefficient (Wildman–Crippen LogP) is 6.27. The fourth-order valence-electron chi connectivity index (χ4n) is 3.35. The second-order valence-electron chi connectivity index (χ2n) is 7.84. The van der Waals surface area contributed by atoms with Gasteiger partial charge in [0, 0.05) is 49.0 Å². The first kappa shape index (κ1) is 25.2. The van der Waals surface area contributed by atoms with Gasteiger partial charge in [0.25, 0.3) is 12.3 Å². The van der Waals surface area contributed by atoms with Gasteiger partial charge >= 0.3 is 0 Å². The van der Waals surface area contributed by atoms with Gasteiger partial charge in [0.2, 0.25) is 0 Å². The van der Waals surface area contributed by atoms with Crippen molar-refractivity contribution in [1.29, 1.82) is 5.41 Å². The summed E-state index contributed by atoms with van der Waals surface area (Å²) in [6.07, 6.45) is -2.96. The Bertz CT molecular complexity index is 989. The van der Waals surface area contributed by atoms with Crippen molar-refractivity contribution < 1.29 is 17.6 Å². The molecular weight excluding hydrogens is 418 g/mol. The van der Waals surface area contributed by atoms with E-state index in [9.17, 15) is 17.6 Å². The Hall–Kier alpha value is -3.09. The highest BCUT2D eigenvalue weighted by molar-refractivity contribution is 6.04. The van der Waals surface area contributed by atoms with Crippen molar-refractivity contribution in [3.8, 4) is 0 Å². The summed E-state index contributed by atoms with van der Waals surface area (Å²) in [6, 6.07) is 13.3. The summed E-state index contributed by atoms with van der Waals surface area (Å²) in [4.78, 5) is 0. The lowest BCUT2D eigenvalue weighted by Gasteiger charge is -2.23. The predicted molar refractivity (Wildman–Crippen MR) is 121 cm³/mol. The largest absolute Gasteiger partial charge is 0.391 e. The first-order chi connectivity index (χ1) is 14.9. The summed E-state index contributed by atoms with van der Waals surface area (Å²) < 4.78 is 54.5. The van der Waals surface area contributed by atoms with Crippen LogP contribution in [0.4, 0.5) is 17.6 Å². The molecule has 0 aliphatic rings. The topological polar surface area (TPSA) is 47.9 Å². The van der Waals surface area contributed by atoms with Gasteiger partial charge in [-0.05, 0) is 31.0 Å². The van der Waals surface area contributed by atoms with Gasteiger partial charge in [-0.15, -0.1) is 0 Å². The summed E-state index contributed by atoms with van der Waals surface area (Å²) in [6.45, 7) is 8.54. The normalized spacial score (nSPS) is 13.4. The van der Waals surface area contributed by atoms with E-state index in [1.807, 2.05) is 38.1 Å². The number of likely N-dealkylation sites (N-methyl/N-ethyl adjacent to an activating group) is 1. The molecule has 172 valence electrons. The summed E-state index contributed by atoms with van der Waals surface area (Å²) in [5, 5.41) is 13.9. The van der Waals surface area contributed by atoms with Crippen LogP contribution in [-0.4, -0.2) is 19.2 Å². The van der Waals surface area contributed by atoms with Gasteiger partial charge in [-0.2, -0.15) is 0 Å². The Balaban J connectivity index is 2.40. The van der Waals surface area contributed by atoms with Gasteiger partial charge in [0.15, 0.2) is 0 Å². The van der Waals surface area contributed by atoms with E-state index in [0.29, 0.717) is 11.3 Å². The summed E-state index contributed by atoms with van der Waals surface area (Å²) in [5.41, 5.74) is 1.87. The molecule has 1 atom stereocenters. The van der Waals surface area contributed by atoms with Crippen LogP contribution in [0.2, 0.25) is 0 Å². The van der Waals surface area contributed by atoms with Crippen LogP contribution in [0.1, 0.15) is 42.1 Å². The molecule has 7 heteroatoms. The van der Waals surface area contributed by atoms with Crippen molar-refractivity contribution in [3.63, 3.8) is 0 Å². The molecule has 0 heterocycles. The fourth-order valence-corrected chi connectivity index (χ4v) is 3.35. The number of halogens is 4. The minimum absolute atomic E-state index is 0.0600. The van der Waals surface area contributed by atoms with Gasteiger partial charge in [-0.3, -0.25) is 5.41 Å². The van der Waals surface area contributed by atoms with Gasteiger partial charge < -0.3 is 10.6 Å². The molecule has 2 aromatic rings. The molecule has 0 spiro atoms. The van der Waals surface area contributed by atoms with Crippen molar-refractivity contribution in [1.82, 2.24) is 10.6 Å². The number of hydrogen-bond donors (Lipinski definition) is 3. The minimum atomic E-state index is -3.02. The van der Waals surface area contributed by atoms with E-state index in [1.54, 1.807) is 13.1 Å². The molecule has 0 saturated carbocycles. The van der Waals surface area contributed by atoms with Gasteiger partial charge in [-0.1, -0.05) is 54.6 Å². The van der Waals surface area contributed by atoms with Crippen LogP contribution >= 0.6 is 0 Å². The molecule has 3 nitrogen and oxygen atoms in total. The molecule has 0 bridgehead atoms. The number of benzene rings is 2. The zero-order valence-electron chi connectivity index (χ0n) is 18.7. The van der Waals surface area contributed by atoms with Crippen LogP contribution in [0.15, 0.2) is 72.1 Å². The molecule has 1 unspecified atom stereocenters. The number of nitrogens with one attached hydrogen (secondary N) is 3. The van der Waals surface area contributed by atoms with Crippen LogP contribution in [0, 0.1) is 12.3 Å². The minimum Gasteiger partial charge on any atom is -0.391 e. The van der Waals surface area contributed by atoms with E-state index in [-0.39, 0.29) is 29.3 Å². The van der Waals surface area contributed by atoms with Crippen LogP contribution < -0.4 is 10.6 Å². The molecule has 0 aliphatic carbocycles. The van der Waals surface area contributed by atoms with E-state index in [2.05, 4.69) is 17.2 Å². The highest BCUT2D eigenvalue weighted by Crippen LogP contribution is 2.28. The smallest absolute Gasteiger partial charge is 0.280 e. The average Bonchev–Trinajstić information content (AvgIpc) is 2.73. The fraction of sp³-hybridized carbons (Fsp3) is 0.320. The van der Waals surface area contributed by atoms with Gasteiger partial charge in [0.1, 0.15) is 5.71 Å². The monoisotopic (exact) mass is 447 g/mol. The van der Waals surface area contributed by atoms with Crippen LogP contribution in [0.3, 0.4) is 0 Å². The van der Waals surface area contributed by atoms with Gasteiger partial charge in [-0.25, -0.2) is 17.6 Å². The quantitative estimate of drug-likeness (QED) is 0.228. The highest BCUT2D eigenvalue weighted by atomic mass is 19.3. The maximum atomic E-state index is 13.7. The molecule has 2 rings (SSSR count). The van der Waals surface area contributed by atoms with Crippen molar-refractivity contribution in [2.75, 3.05) is 7.05 Å². The summed E-state index contributed by atoms with van der Waals surface area (Å²) in [5.74, 6) is -3.02. The lowest BCUT2D eigenvalue weighted by molar-refractivity contribution is 0.0174. The molecule has 3 N–H and O–H groups in total. The van der Waals surface area contributed by atoms with Crippen LogP contribution in [0.5, 0.6) is 0 Å². The maximum Gasteiger partial charge on any atom is 0.280 e. The molecule has 0 saturated heterocycles. The molecule has 2 aromatic carbocycles. The standard InChI is InChI=1S/C25H29F4N3/c1-15-9-11-19(12-10-15)16(2)32-17(3)22(23(30)24(26)27)21(31-5)14-18-7-6-8-20(13-18)25(4,28)29/h6-13,16,24,30-32H,3,14H2,1-2,4-5H3/b22-21-,30-23?. The number of rotatable bonds is 10. The number of alkyl halides is 4. The molecule has 32 heavy (non-hydrogen) atoms. The zero-order chi connectivity index (χ0) is 24.1. The Labute approximate surface area is 186 Å². The van der Waals surface area contributed by atoms with E-state index in [4.69, 9.17) is 5.41 Å². The SMILES string of the molecule is C=C(NC(C)c1ccc(C)cc1)/C(C(=N)C(F)F)=C(\Cc1cccc(C(C)(F)F)c1)NC. The Morgan fingerprint density at radius 2 is 1.75 bits per heavy atom. The molecule has 0 aromatic heterocycles. The van der Waals surface area contributed by atoms with E-state index >= 15 is 0 Å². The van der Waals surface area contributed by atoms with E-state index in [1.165, 1.54) is 18.2 Å². The molecule has 0 radical (unpaired) electrons. The van der Waals surface area contributed by atoms with E-state index < -0.39 is 18.1 Å². The first-order valence-corrected chi connectivity index (χ1v) is 10.2. The Morgan fingerprint density at radius 3 is 2.28 bits per heavy atom. The third-order valence-electron chi connectivity index (χ3n) is 5.18. The molecule has 0 amide bonds. The lowest BCUT2D eigenvalue weighted by Crippen LogP contribution is -2.28. The lowest BCUT2D eigenvalue weighted by atomic mass is 9.97. The van der Waals surface area contributed by atoms with Gasteiger partial charge in [0.05, 0.1) is 0 Å². The molecular formula is C25H29F4N3. The third-order valence-corrected chi connectivity index (χ3v) is 5.18. The van der Waals surface area contributed by atoms with Crippen molar-refractivity contribution in [2.45, 2.75) is 45.6 Å². The van der Waals surface area contributed by atoms with Crippen molar-refractivity contribution in [3.05, 3.63) is 94.3 Å².